The van der Waals surface area contributed by atoms with Crippen LogP contribution in [0.5, 0.6) is 0 Å². The Bertz CT molecular complexity index is 328. The van der Waals surface area contributed by atoms with E-state index in [0.717, 1.165) is 0 Å². The summed E-state index contributed by atoms with van der Waals surface area (Å²) in [5.74, 6) is -0.777. The lowest BCUT2D eigenvalue weighted by atomic mass is 10.1. The molecule has 5 heteroatoms. The highest BCUT2D eigenvalue weighted by atomic mass is 16.6. The molecule has 1 aliphatic rings. The van der Waals surface area contributed by atoms with Crippen molar-refractivity contribution in [1.82, 2.24) is 5.32 Å². The zero-order valence-corrected chi connectivity index (χ0v) is 12.0. The highest BCUT2D eigenvalue weighted by Crippen LogP contribution is 2.17. The second kappa shape index (κ2) is 7.03. The molecule has 0 aromatic heterocycles. The Hall–Kier alpha value is -1.52. The van der Waals surface area contributed by atoms with Crippen LogP contribution >= 0.6 is 0 Å². The Kier molecular flexibility index (Phi) is 6.44. The van der Waals surface area contributed by atoms with Crippen LogP contribution in [0.1, 0.15) is 41.0 Å². The highest BCUT2D eigenvalue weighted by molar-refractivity contribution is 5.91. The van der Waals surface area contributed by atoms with Gasteiger partial charge in [-0.15, -0.1) is 0 Å². The fourth-order valence-electron chi connectivity index (χ4n) is 1.34. The average molecular weight is 257 g/mol. The molecule has 0 spiro atoms. The van der Waals surface area contributed by atoms with Crippen molar-refractivity contribution in [2.24, 2.45) is 0 Å². The van der Waals surface area contributed by atoms with Crippen molar-refractivity contribution < 1.29 is 19.1 Å². The summed E-state index contributed by atoms with van der Waals surface area (Å²) in [6.07, 6.45) is 1.81. The average Bonchev–Trinajstić information content (AvgIpc) is 2.78. The van der Waals surface area contributed by atoms with Gasteiger partial charge in [0.05, 0.1) is 12.7 Å². The molecule has 0 aliphatic carbocycles. The quantitative estimate of drug-likeness (QED) is 0.764. The molecule has 1 aliphatic heterocycles. The van der Waals surface area contributed by atoms with Gasteiger partial charge in [-0.25, -0.2) is 9.59 Å². The lowest BCUT2D eigenvalue weighted by Crippen LogP contribution is -2.36. The van der Waals surface area contributed by atoms with E-state index in [4.69, 9.17) is 4.74 Å². The first-order valence-corrected chi connectivity index (χ1v) is 6.10. The van der Waals surface area contributed by atoms with Crippen LogP contribution in [0.3, 0.4) is 0 Å². The third-order valence-corrected chi connectivity index (χ3v) is 2.02. The van der Waals surface area contributed by atoms with Crippen LogP contribution in [0.2, 0.25) is 0 Å². The van der Waals surface area contributed by atoms with Crippen molar-refractivity contribution in [1.29, 1.82) is 0 Å². The van der Waals surface area contributed by atoms with Gasteiger partial charge in [0, 0.05) is 12.6 Å². The molecule has 0 saturated carbocycles. The van der Waals surface area contributed by atoms with Gasteiger partial charge in [-0.1, -0.05) is 13.8 Å². The first-order valence-electron chi connectivity index (χ1n) is 6.10. The number of carbonyl (C=O) groups excluding carboxylic acids is 2. The van der Waals surface area contributed by atoms with E-state index in [1.807, 2.05) is 13.8 Å². The number of hydrogen-bond acceptors (Lipinski definition) is 5. The molecule has 1 unspecified atom stereocenters. The summed E-state index contributed by atoms with van der Waals surface area (Å²) in [5, 5.41) is 2.81. The van der Waals surface area contributed by atoms with Gasteiger partial charge in [0.15, 0.2) is 0 Å². The molecule has 18 heavy (non-hydrogen) atoms. The SMILES string of the molecule is CC.COC(=O)C1=CNC(C(=O)OC(C)(C)C)C1. The maximum absolute atomic E-state index is 11.6. The van der Waals surface area contributed by atoms with Gasteiger partial charge < -0.3 is 14.8 Å². The van der Waals surface area contributed by atoms with Crippen molar-refractivity contribution >= 4 is 11.9 Å². The molecule has 0 aromatic rings. The maximum atomic E-state index is 11.6. The van der Waals surface area contributed by atoms with E-state index in [0.29, 0.717) is 12.0 Å². The normalized spacial score (nSPS) is 17.9. The van der Waals surface area contributed by atoms with E-state index in [9.17, 15) is 9.59 Å². The van der Waals surface area contributed by atoms with Gasteiger partial charge in [0.25, 0.3) is 0 Å². The minimum Gasteiger partial charge on any atom is -0.466 e. The molecule has 1 rings (SSSR count). The summed E-state index contributed by atoms with van der Waals surface area (Å²) in [5.41, 5.74) is -0.0642. The zero-order valence-electron chi connectivity index (χ0n) is 12.0. The fourth-order valence-corrected chi connectivity index (χ4v) is 1.34. The lowest BCUT2D eigenvalue weighted by molar-refractivity contribution is -0.156. The molecule has 1 N–H and O–H groups in total. The predicted octanol–water partition coefficient (Wildman–Crippen LogP) is 1.77. The van der Waals surface area contributed by atoms with E-state index in [2.05, 4.69) is 10.1 Å². The molecule has 0 saturated heterocycles. The van der Waals surface area contributed by atoms with Gasteiger partial charge in [0.2, 0.25) is 0 Å². The van der Waals surface area contributed by atoms with E-state index in [1.165, 1.54) is 13.3 Å². The van der Waals surface area contributed by atoms with Gasteiger partial charge >= 0.3 is 11.9 Å². The van der Waals surface area contributed by atoms with Crippen LogP contribution in [-0.4, -0.2) is 30.7 Å². The second-order valence-electron chi connectivity index (χ2n) is 4.62. The van der Waals surface area contributed by atoms with Crippen LogP contribution in [0, 0.1) is 0 Å². The Balaban J connectivity index is 0.00000137. The molecule has 1 atom stereocenters. The minimum atomic E-state index is -0.521. The standard InChI is InChI=1S/C11H17NO4.C2H6/c1-11(2,3)16-10(14)8-5-7(6-12-8)9(13)15-4;1-2/h6,8,12H,5H2,1-4H3;1-2H3. The number of esters is 2. The van der Waals surface area contributed by atoms with Gasteiger partial charge in [0.1, 0.15) is 11.6 Å². The molecular weight excluding hydrogens is 234 g/mol. The molecule has 0 amide bonds. The monoisotopic (exact) mass is 257 g/mol. The van der Waals surface area contributed by atoms with Crippen LogP contribution in [0.15, 0.2) is 11.8 Å². The summed E-state index contributed by atoms with van der Waals surface area (Å²) >= 11 is 0. The third kappa shape index (κ3) is 5.21. The minimum absolute atomic E-state index is 0.307. The molecule has 5 nitrogen and oxygen atoms in total. The number of nitrogens with one attached hydrogen (secondary N) is 1. The lowest BCUT2D eigenvalue weighted by Gasteiger charge is -2.22. The van der Waals surface area contributed by atoms with Gasteiger partial charge in [-0.2, -0.15) is 0 Å². The molecule has 1 heterocycles. The number of carbonyl (C=O) groups is 2. The third-order valence-electron chi connectivity index (χ3n) is 2.02. The summed E-state index contributed by atoms with van der Waals surface area (Å²) in [7, 11) is 1.31. The Morgan fingerprint density at radius 3 is 2.33 bits per heavy atom. The predicted molar refractivity (Wildman–Crippen MR) is 68.8 cm³/mol. The van der Waals surface area contributed by atoms with Gasteiger partial charge in [-0.3, -0.25) is 0 Å². The largest absolute Gasteiger partial charge is 0.466 e. The summed E-state index contributed by atoms with van der Waals surface area (Å²) in [4.78, 5) is 22.8. The number of rotatable bonds is 2. The number of methoxy groups -OCH3 is 1. The van der Waals surface area contributed by atoms with Crippen molar-refractivity contribution in [3.63, 3.8) is 0 Å². The molecule has 0 aromatic carbocycles. The molecule has 104 valence electrons. The highest BCUT2D eigenvalue weighted by Gasteiger charge is 2.30. The number of hydrogen-bond donors (Lipinski definition) is 1. The first-order chi connectivity index (χ1) is 8.33. The fraction of sp³-hybridized carbons (Fsp3) is 0.692. The number of ether oxygens (including phenoxy) is 2. The summed E-state index contributed by atoms with van der Waals surface area (Å²) in [6, 6.07) is -0.492. The Morgan fingerprint density at radius 2 is 1.89 bits per heavy atom. The van der Waals surface area contributed by atoms with Crippen LogP contribution in [0.25, 0.3) is 0 Å². The van der Waals surface area contributed by atoms with E-state index >= 15 is 0 Å². The summed E-state index contributed by atoms with van der Waals surface area (Å²) < 4.78 is 9.76. The molecule has 0 bridgehead atoms. The summed E-state index contributed by atoms with van der Waals surface area (Å²) in [6.45, 7) is 9.40. The smallest absolute Gasteiger partial charge is 0.335 e. The Morgan fingerprint density at radius 1 is 1.33 bits per heavy atom. The molecular formula is C13H23NO4. The van der Waals surface area contributed by atoms with E-state index < -0.39 is 17.6 Å². The first kappa shape index (κ1) is 16.5. The van der Waals surface area contributed by atoms with Crippen LogP contribution in [-0.2, 0) is 19.1 Å². The maximum Gasteiger partial charge on any atom is 0.335 e. The molecule has 0 fully saturated rings. The topological polar surface area (TPSA) is 64.6 Å². The molecule has 0 radical (unpaired) electrons. The van der Waals surface area contributed by atoms with Crippen LogP contribution < -0.4 is 5.32 Å². The Labute approximate surface area is 109 Å². The van der Waals surface area contributed by atoms with Crippen molar-refractivity contribution in [2.75, 3.05) is 7.11 Å². The zero-order chi connectivity index (χ0) is 14.3. The van der Waals surface area contributed by atoms with Crippen molar-refractivity contribution in [2.45, 2.75) is 52.7 Å². The van der Waals surface area contributed by atoms with Crippen molar-refractivity contribution in [3.8, 4) is 0 Å². The second-order valence-corrected chi connectivity index (χ2v) is 4.62. The van der Waals surface area contributed by atoms with Gasteiger partial charge in [-0.05, 0) is 20.8 Å². The van der Waals surface area contributed by atoms with Crippen LogP contribution in [0.4, 0.5) is 0 Å². The van der Waals surface area contributed by atoms with E-state index in [-0.39, 0.29) is 5.97 Å². The van der Waals surface area contributed by atoms with E-state index in [1.54, 1.807) is 20.8 Å². The van der Waals surface area contributed by atoms with Crippen molar-refractivity contribution in [3.05, 3.63) is 11.8 Å².